The molecule has 0 atom stereocenters. The van der Waals surface area contributed by atoms with Crippen molar-refractivity contribution < 1.29 is 0 Å². The first kappa shape index (κ1) is 15.5. The Hall–Kier alpha value is -3.07. The minimum absolute atomic E-state index is 0.0207. The van der Waals surface area contributed by atoms with Gasteiger partial charge in [0.1, 0.15) is 5.82 Å². The second-order valence-electron chi connectivity index (χ2n) is 6.53. The topological polar surface area (TPSA) is 75.6 Å². The first-order valence-corrected chi connectivity index (χ1v) is 8.51. The van der Waals surface area contributed by atoms with Crippen LogP contribution < -0.4 is 11.0 Å². The zero-order chi connectivity index (χ0) is 17.4. The molecular weight excluding hydrogens is 314 g/mol. The second kappa shape index (κ2) is 6.10. The molecule has 1 aromatic carbocycles. The maximum atomic E-state index is 12.7. The molecule has 25 heavy (non-hydrogen) atoms. The highest BCUT2D eigenvalue weighted by Gasteiger charge is 2.23. The van der Waals surface area contributed by atoms with E-state index in [9.17, 15) is 4.79 Å². The molecule has 1 saturated carbocycles. The number of anilines is 2. The summed E-state index contributed by atoms with van der Waals surface area (Å²) in [5.41, 5.74) is 3.17. The van der Waals surface area contributed by atoms with Gasteiger partial charge in [-0.15, -0.1) is 0 Å². The van der Waals surface area contributed by atoms with Crippen LogP contribution in [0.5, 0.6) is 0 Å². The molecule has 1 aliphatic rings. The molecule has 1 fully saturated rings. The van der Waals surface area contributed by atoms with Crippen molar-refractivity contribution in [2.45, 2.75) is 31.7 Å². The Labute approximate surface area is 145 Å². The van der Waals surface area contributed by atoms with Crippen LogP contribution in [-0.4, -0.2) is 14.1 Å². The molecule has 1 aliphatic carbocycles. The number of rotatable bonds is 3. The zero-order valence-corrected chi connectivity index (χ0v) is 14.1. The van der Waals surface area contributed by atoms with Crippen LogP contribution in [-0.2, 0) is 7.05 Å². The number of hydrogen-bond acceptors (Lipinski definition) is 4. The highest BCUT2D eigenvalue weighted by Crippen LogP contribution is 2.31. The molecule has 4 rings (SSSR count). The number of nitrogens with zero attached hydrogens (tertiary/aromatic N) is 4. The number of hydrogen-bond donors (Lipinski definition) is 1. The van der Waals surface area contributed by atoms with Crippen LogP contribution in [0.25, 0.3) is 11.0 Å². The van der Waals surface area contributed by atoms with E-state index in [0.29, 0.717) is 11.4 Å². The smallest absolute Gasteiger partial charge is 0.329 e. The van der Waals surface area contributed by atoms with Gasteiger partial charge >= 0.3 is 5.69 Å². The minimum atomic E-state index is 0.0207. The van der Waals surface area contributed by atoms with Gasteiger partial charge in [-0.1, -0.05) is 18.9 Å². The summed E-state index contributed by atoms with van der Waals surface area (Å²) in [5.74, 6) is 0.667. The molecule has 2 aromatic heterocycles. The Morgan fingerprint density at radius 2 is 2.04 bits per heavy atom. The van der Waals surface area contributed by atoms with E-state index in [2.05, 4.69) is 16.4 Å². The summed E-state index contributed by atoms with van der Waals surface area (Å²) < 4.78 is 3.58. The summed E-state index contributed by atoms with van der Waals surface area (Å²) in [4.78, 5) is 17.1. The third-order valence-electron chi connectivity index (χ3n) is 4.93. The summed E-state index contributed by atoms with van der Waals surface area (Å²) >= 11 is 0. The molecule has 0 bridgehead atoms. The average molecular weight is 333 g/mol. The van der Waals surface area contributed by atoms with Gasteiger partial charge in [-0.25, -0.2) is 9.78 Å². The zero-order valence-electron chi connectivity index (χ0n) is 14.1. The normalized spacial score (nSPS) is 14.7. The molecule has 0 radical (unpaired) electrons. The van der Waals surface area contributed by atoms with Gasteiger partial charge in [0.15, 0.2) is 0 Å². The minimum Gasteiger partial charge on any atom is -0.340 e. The predicted octanol–water partition coefficient (Wildman–Crippen LogP) is 3.47. The first-order chi connectivity index (χ1) is 12.2. The fourth-order valence-electron chi connectivity index (χ4n) is 3.65. The van der Waals surface area contributed by atoms with E-state index in [0.717, 1.165) is 29.6 Å². The number of imidazole rings is 1. The van der Waals surface area contributed by atoms with E-state index in [4.69, 9.17) is 5.26 Å². The molecule has 0 aliphatic heterocycles. The van der Waals surface area contributed by atoms with E-state index in [-0.39, 0.29) is 11.7 Å². The maximum absolute atomic E-state index is 12.7. The number of aryl methyl sites for hydroxylation is 1. The lowest BCUT2D eigenvalue weighted by Crippen LogP contribution is -2.24. The van der Waals surface area contributed by atoms with E-state index < -0.39 is 0 Å². The molecule has 0 spiro atoms. The average Bonchev–Trinajstić information content (AvgIpc) is 3.23. The van der Waals surface area contributed by atoms with Gasteiger partial charge in [-0.2, -0.15) is 5.26 Å². The van der Waals surface area contributed by atoms with Gasteiger partial charge in [0.25, 0.3) is 0 Å². The van der Waals surface area contributed by atoms with Crippen LogP contribution in [0, 0.1) is 11.3 Å². The number of benzene rings is 1. The lowest BCUT2D eigenvalue weighted by molar-refractivity contribution is 0.509. The Morgan fingerprint density at radius 3 is 2.80 bits per heavy atom. The third kappa shape index (κ3) is 2.68. The van der Waals surface area contributed by atoms with Crippen molar-refractivity contribution in [3.05, 3.63) is 52.6 Å². The molecular formula is C19H19N5O. The number of aromatic nitrogens is 3. The van der Waals surface area contributed by atoms with E-state index >= 15 is 0 Å². The Kier molecular flexibility index (Phi) is 3.77. The highest BCUT2D eigenvalue weighted by molar-refractivity contribution is 5.79. The molecule has 2 heterocycles. The van der Waals surface area contributed by atoms with E-state index in [1.807, 2.05) is 22.8 Å². The van der Waals surface area contributed by atoms with Gasteiger partial charge in [0, 0.05) is 24.8 Å². The van der Waals surface area contributed by atoms with Crippen molar-refractivity contribution in [1.29, 1.82) is 5.26 Å². The molecule has 0 amide bonds. The van der Waals surface area contributed by atoms with Crippen molar-refractivity contribution in [2.24, 2.45) is 7.05 Å². The van der Waals surface area contributed by atoms with Crippen molar-refractivity contribution in [3.8, 4) is 6.07 Å². The number of nitriles is 1. The molecule has 126 valence electrons. The van der Waals surface area contributed by atoms with Crippen molar-refractivity contribution in [2.75, 3.05) is 5.32 Å². The molecule has 1 N–H and O–H groups in total. The summed E-state index contributed by atoms with van der Waals surface area (Å²) in [6, 6.07) is 11.6. The van der Waals surface area contributed by atoms with Gasteiger partial charge in [0.2, 0.25) is 0 Å². The Balaban J connectivity index is 1.77. The monoisotopic (exact) mass is 333 g/mol. The molecule has 0 unspecified atom stereocenters. The SMILES string of the molecule is Cn1c(=O)n(C2CCCC2)c2cc(Nc3cccc(C#N)c3)ncc21. The van der Waals surface area contributed by atoms with Crippen LogP contribution in [0.4, 0.5) is 11.5 Å². The molecule has 6 heteroatoms. The van der Waals surface area contributed by atoms with Crippen molar-refractivity contribution >= 4 is 22.5 Å². The Morgan fingerprint density at radius 1 is 1.24 bits per heavy atom. The van der Waals surface area contributed by atoms with Gasteiger partial charge in [-0.3, -0.25) is 9.13 Å². The van der Waals surface area contributed by atoms with Crippen LogP contribution in [0.15, 0.2) is 41.3 Å². The molecule has 6 nitrogen and oxygen atoms in total. The fraction of sp³-hybridized carbons (Fsp3) is 0.316. The summed E-state index contributed by atoms with van der Waals surface area (Å²) in [6.07, 6.45) is 6.18. The van der Waals surface area contributed by atoms with E-state index in [1.165, 1.54) is 12.8 Å². The van der Waals surface area contributed by atoms with Crippen molar-refractivity contribution in [3.63, 3.8) is 0 Å². The summed E-state index contributed by atoms with van der Waals surface area (Å²) in [7, 11) is 1.79. The fourth-order valence-corrected chi connectivity index (χ4v) is 3.65. The van der Waals surface area contributed by atoms with Crippen LogP contribution in [0.3, 0.4) is 0 Å². The van der Waals surface area contributed by atoms with Gasteiger partial charge < -0.3 is 5.32 Å². The number of pyridine rings is 1. The Bertz CT molecular complexity index is 1030. The van der Waals surface area contributed by atoms with Crippen molar-refractivity contribution in [1.82, 2.24) is 14.1 Å². The van der Waals surface area contributed by atoms with Gasteiger partial charge in [-0.05, 0) is 31.0 Å². The standard InChI is InChI=1S/C19H19N5O/c1-23-17-12-21-18(22-14-6-4-5-13(9-14)11-20)10-16(17)24(19(23)25)15-7-2-3-8-15/h4-6,9-10,12,15H,2-3,7-8H2,1H3,(H,21,22). The van der Waals surface area contributed by atoms with Crippen LogP contribution >= 0.6 is 0 Å². The molecule has 0 saturated heterocycles. The lowest BCUT2D eigenvalue weighted by Gasteiger charge is -2.12. The van der Waals surface area contributed by atoms with Crippen LogP contribution in [0.1, 0.15) is 37.3 Å². The first-order valence-electron chi connectivity index (χ1n) is 8.51. The van der Waals surface area contributed by atoms with Gasteiger partial charge in [0.05, 0.1) is 28.9 Å². The molecule has 3 aromatic rings. The summed E-state index contributed by atoms with van der Waals surface area (Å²) in [5, 5.41) is 12.3. The largest absolute Gasteiger partial charge is 0.340 e. The maximum Gasteiger partial charge on any atom is 0.329 e. The second-order valence-corrected chi connectivity index (χ2v) is 6.53. The quantitative estimate of drug-likeness (QED) is 0.796. The highest BCUT2D eigenvalue weighted by atomic mass is 16.1. The summed E-state index contributed by atoms with van der Waals surface area (Å²) in [6.45, 7) is 0. The van der Waals surface area contributed by atoms with Crippen LogP contribution in [0.2, 0.25) is 0 Å². The predicted molar refractivity (Wildman–Crippen MR) is 96.9 cm³/mol. The number of nitrogens with one attached hydrogen (secondary N) is 1. The lowest BCUT2D eigenvalue weighted by atomic mass is 10.2. The third-order valence-corrected chi connectivity index (χ3v) is 4.93. The number of fused-ring (bicyclic) bond motifs is 1. The van der Waals surface area contributed by atoms with E-state index in [1.54, 1.807) is 29.9 Å².